The van der Waals surface area contributed by atoms with E-state index in [0.29, 0.717) is 101 Å². The maximum Gasteiger partial charge on any atom is 0.261 e. The van der Waals surface area contributed by atoms with Crippen molar-refractivity contribution in [2.75, 3.05) is 13.1 Å². The van der Waals surface area contributed by atoms with Crippen LogP contribution in [-0.2, 0) is 0 Å². The van der Waals surface area contributed by atoms with Crippen molar-refractivity contribution in [3.05, 3.63) is 182 Å². The number of benzene rings is 7. The zero-order valence-corrected chi connectivity index (χ0v) is 54.4. The summed E-state index contributed by atoms with van der Waals surface area (Å²) in [6.07, 6.45) is 9.25. The van der Waals surface area contributed by atoms with E-state index in [2.05, 4.69) is 76.2 Å². The fraction of sp³-hybridized carbons (Fsp3) is 0.243. The second kappa shape index (κ2) is 22.3. The molecule has 15 rings (SSSR count). The van der Waals surface area contributed by atoms with Crippen LogP contribution in [0, 0.1) is 27.7 Å². The van der Waals surface area contributed by atoms with Gasteiger partial charge in [-0.05, 0) is 243 Å². The van der Waals surface area contributed by atoms with Crippen molar-refractivity contribution in [2.45, 2.75) is 106 Å². The van der Waals surface area contributed by atoms with Crippen LogP contribution in [0.1, 0.15) is 161 Å². The molecule has 0 N–H and O–H groups in total. The van der Waals surface area contributed by atoms with Gasteiger partial charge in [-0.25, -0.2) is 0 Å². The first-order chi connectivity index (χ1) is 42.7. The van der Waals surface area contributed by atoms with Crippen molar-refractivity contribution in [2.24, 2.45) is 0 Å². The average Bonchev–Trinajstić information content (AvgIpc) is 0.980. The number of fused-ring (bicyclic) bond motifs is 2. The third-order valence-corrected chi connectivity index (χ3v) is 23.0. The van der Waals surface area contributed by atoms with Gasteiger partial charge in [-0.2, -0.15) is 0 Å². The summed E-state index contributed by atoms with van der Waals surface area (Å²) in [6.45, 7) is 13.4. The molecule has 4 aromatic heterocycles. The Bertz CT molecular complexity index is 4570. The van der Waals surface area contributed by atoms with Crippen molar-refractivity contribution in [1.29, 1.82) is 0 Å². The molecule has 7 aromatic carbocycles. The predicted octanol–water partition coefficient (Wildman–Crippen LogP) is 22.4. The Balaban J connectivity index is 0.871. The number of unbranched alkanes of at least 4 members (excludes halogenated alkanes) is 2. The average molecular weight is 1270 g/mol. The molecule has 2 aliphatic heterocycles. The van der Waals surface area contributed by atoms with E-state index < -0.39 is 0 Å². The number of carbonyl (C=O) groups is 4. The number of nitrogens with zero attached hydrogens (tertiary/aromatic N) is 2. The molecule has 0 spiro atoms. The summed E-state index contributed by atoms with van der Waals surface area (Å²) in [5.41, 5.74) is 14.4. The molecule has 4 aliphatic rings. The van der Waals surface area contributed by atoms with Gasteiger partial charge in [-0.15, -0.1) is 45.3 Å². The van der Waals surface area contributed by atoms with E-state index in [1.807, 2.05) is 62.4 Å². The highest BCUT2D eigenvalue weighted by molar-refractivity contribution is 7.17. The van der Waals surface area contributed by atoms with Crippen molar-refractivity contribution in [3.8, 4) is 43.9 Å². The summed E-state index contributed by atoms with van der Waals surface area (Å²) in [5, 5.41) is 5.09. The molecule has 0 unspecified atom stereocenters. The third kappa shape index (κ3) is 9.21. The number of rotatable bonds is 16. The number of amides is 4. The number of hydrogen-bond acceptors (Lipinski definition) is 10. The second-order valence-corrected chi connectivity index (χ2v) is 30.0. The first-order valence-corrected chi connectivity index (χ1v) is 34.4. The van der Waals surface area contributed by atoms with Crippen molar-refractivity contribution >= 4 is 158 Å². The Morgan fingerprint density at radius 1 is 0.398 bits per heavy atom. The maximum atomic E-state index is 15.0. The molecule has 0 fully saturated rings. The minimum atomic E-state index is -0.386. The minimum Gasteiger partial charge on any atom is -0.457 e. The number of hydrogen-bond donors (Lipinski definition) is 0. The Morgan fingerprint density at radius 3 is 1.10 bits per heavy atom. The molecular formula is C74H60Cl2N2O6S4. The van der Waals surface area contributed by atoms with Crippen LogP contribution in [0.15, 0.2) is 109 Å². The van der Waals surface area contributed by atoms with Crippen LogP contribution in [0.5, 0.6) is 23.0 Å². The smallest absolute Gasteiger partial charge is 0.261 e. The molecular weight excluding hydrogens is 1210 g/mol. The first-order valence-electron chi connectivity index (χ1n) is 30.4. The molecule has 0 radical (unpaired) electrons. The Labute approximate surface area is 536 Å². The maximum absolute atomic E-state index is 15.0. The SMILES string of the molecule is CCCCN1C(=O)c2ccc3c4c(Oc5ccc(-c6cc(C7=C(c8cc(Cl)sc8C)CCC7)c(C)s6)cc5)cc5c6c(ccc(c7c(Oc8ccc(-c9cc(C%10=C(c%11cc(Cl)sc%11C)CCC%10)c(C)s9)cc8)cc(c2c37)C1=O)c64)C(=O)N(CCCC)C5=O. The number of aryl methyl sites for hydroxylation is 4. The fourth-order valence-corrected chi connectivity index (χ4v) is 18.9. The topological polar surface area (TPSA) is 93.2 Å². The molecule has 6 heterocycles. The van der Waals surface area contributed by atoms with Crippen LogP contribution < -0.4 is 9.47 Å². The van der Waals surface area contributed by atoms with E-state index in [-0.39, 0.29) is 36.7 Å². The molecule has 14 heteroatoms. The molecule has 11 aromatic rings. The monoisotopic (exact) mass is 1270 g/mol. The zero-order chi connectivity index (χ0) is 60.5. The summed E-state index contributed by atoms with van der Waals surface area (Å²) in [6, 6.07) is 36.2. The number of halogens is 2. The van der Waals surface area contributed by atoms with Crippen LogP contribution in [0.25, 0.3) is 86.3 Å². The highest BCUT2D eigenvalue weighted by atomic mass is 35.5. The van der Waals surface area contributed by atoms with Gasteiger partial charge < -0.3 is 9.47 Å². The minimum absolute atomic E-state index is 0.278. The van der Waals surface area contributed by atoms with Crippen LogP contribution in [0.2, 0.25) is 8.67 Å². The molecule has 88 heavy (non-hydrogen) atoms. The summed E-state index contributed by atoms with van der Waals surface area (Å²) in [4.78, 5) is 69.4. The number of imide groups is 2. The van der Waals surface area contributed by atoms with E-state index in [9.17, 15) is 19.2 Å². The lowest BCUT2D eigenvalue weighted by Gasteiger charge is -2.31. The lowest BCUT2D eigenvalue weighted by Crippen LogP contribution is -2.41. The first kappa shape index (κ1) is 57.0. The van der Waals surface area contributed by atoms with E-state index >= 15 is 0 Å². The predicted molar refractivity (Wildman–Crippen MR) is 367 cm³/mol. The van der Waals surface area contributed by atoms with Gasteiger partial charge in [0, 0.05) is 85.8 Å². The van der Waals surface area contributed by atoms with E-state index in [4.69, 9.17) is 32.7 Å². The Kier molecular flexibility index (Phi) is 14.4. The Hall–Kier alpha value is -7.42. The van der Waals surface area contributed by atoms with E-state index in [1.54, 1.807) is 57.5 Å². The van der Waals surface area contributed by atoms with Gasteiger partial charge in [0.15, 0.2) is 0 Å². The van der Waals surface area contributed by atoms with Crippen LogP contribution in [0.4, 0.5) is 0 Å². The highest BCUT2D eigenvalue weighted by Gasteiger charge is 2.39. The molecule has 2 aliphatic carbocycles. The van der Waals surface area contributed by atoms with E-state index in [0.717, 1.165) is 80.9 Å². The Morgan fingerprint density at radius 2 is 0.750 bits per heavy atom. The quantitative estimate of drug-likeness (QED) is 0.0544. The largest absolute Gasteiger partial charge is 0.457 e. The van der Waals surface area contributed by atoms with Gasteiger partial charge in [-0.3, -0.25) is 29.0 Å². The van der Waals surface area contributed by atoms with E-state index in [1.165, 1.54) is 73.9 Å². The second-order valence-electron chi connectivity index (χ2n) is 23.7. The molecule has 440 valence electrons. The lowest BCUT2D eigenvalue weighted by atomic mass is 9.81. The number of allylic oxidation sites excluding steroid dienone is 4. The highest BCUT2D eigenvalue weighted by Crippen LogP contribution is 2.55. The summed E-state index contributed by atoms with van der Waals surface area (Å²) >= 11 is 19.9. The lowest BCUT2D eigenvalue weighted by molar-refractivity contribution is 0.0593. The van der Waals surface area contributed by atoms with Crippen molar-refractivity contribution in [3.63, 3.8) is 0 Å². The van der Waals surface area contributed by atoms with Crippen LogP contribution >= 0.6 is 68.5 Å². The molecule has 0 atom stereocenters. The van der Waals surface area contributed by atoms with Gasteiger partial charge in [0.25, 0.3) is 23.6 Å². The summed E-state index contributed by atoms with van der Waals surface area (Å²) in [7, 11) is 0. The van der Waals surface area contributed by atoms with Crippen molar-refractivity contribution in [1.82, 2.24) is 9.80 Å². The van der Waals surface area contributed by atoms with Crippen LogP contribution in [0.3, 0.4) is 0 Å². The van der Waals surface area contributed by atoms with Crippen molar-refractivity contribution < 1.29 is 28.7 Å². The number of thiophene rings is 4. The molecule has 4 amide bonds. The number of carbonyl (C=O) groups excluding carboxylic acids is 4. The number of ether oxygens (including phenoxy) is 2. The standard InChI is InChI=1S/C74H60Cl2N2O6S4/c1-7-9-29-77-71(79)51-27-25-49-68-60(84-44-23-19-42(20-24-44)62-34-54(38(4)86-62)46-14-12-16-48(46)56-36-64(76)88-40(56)6)32-58-66-52(72(80)78(74(58)82)30-10-8-2)28-26-50(70(66)68)67-59(31-57(73(77)81)65(51)69(49)67)83-43-21-17-41(18-22-43)61-33-53(37(3)85-61)45-13-11-15-47(45)55-35-63(75)87-39(55)5/h17-28,31-36H,7-16,29-30H2,1-6H3. The summed E-state index contributed by atoms with van der Waals surface area (Å²) in [5.74, 6) is 0.453. The van der Waals surface area contributed by atoms with Gasteiger partial charge in [0.1, 0.15) is 23.0 Å². The third-order valence-electron chi connectivity index (χ3n) is 18.5. The van der Waals surface area contributed by atoms with Gasteiger partial charge >= 0.3 is 0 Å². The molecule has 8 nitrogen and oxygen atoms in total. The summed E-state index contributed by atoms with van der Waals surface area (Å²) < 4.78 is 15.9. The van der Waals surface area contributed by atoms with Gasteiger partial charge in [0.05, 0.1) is 19.8 Å². The zero-order valence-electron chi connectivity index (χ0n) is 49.6. The van der Waals surface area contributed by atoms with Crippen LogP contribution in [-0.4, -0.2) is 46.5 Å². The molecule has 0 saturated heterocycles. The molecule has 0 bridgehead atoms. The van der Waals surface area contributed by atoms with Gasteiger partial charge in [0.2, 0.25) is 0 Å². The normalized spacial score (nSPS) is 15.2. The van der Waals surface area contributed by atoms with Gasteiger partial charge in [-0.1, -0.05) is 62.0 Å². The fourth-order valence-electron chi connectivity index (χ4n) is 14.3. The molecule has 0 saturated carbocycles.